The number of hydrogen-bond donors (Lipinski definition) is 0. The van der Waals surface area contributed by atoms with Crippen molar-refractivity contribution < 1.29 is 33.2 Å². The molecular weight excluding hydrogens is 1540 g/mol. The third kappa shape index (κ3) is 33.3. The van der Waals surface area contributed by atoms with Crippen LogP contribution in [-0.2, 0) is 9.53 Å². The van der Waals surface area contributed by atoms with E-state index in [9.17, 15) is 4.79 Å². The number of carbonyl (C=O) groups excluding carboxylic acids is 1. The van der Waals surface area contributed by atoms with Crippen molar-refractivity contribution in [2.45, 2.75) is 255 Å². The fourth-order valence-electron chi connectivity index (χ4n) is 14.8. The summed E-state index contributed by atoms with van der Waals surface area (Å²) in [6.07, 6.45) is 16.2. The predicted octanol–water partition coefficient (Wildman–Crippen LogP) is 34.9. The molecule has 1 saturated carbocycles. The molecule has 0 radical (unpaired) electrons. The molecule has 8 unspecified atom stereocenters. The van der Waals surface area contributed by atoms with Gasteiger partial charge in [0.25, 0.3) is 0 Å². The van der Waals surface area contributed by atoms with E-state index in [1.165, 1.54) is 176 Å². The molecular formula is C119H146O7. The summed E-state index contributed by atoms with van der Waals surface area (Å²) >= 11 is 0. The molecule has 14 aromatic rings. The van der Waals surface area contributed by atoms with Crippen LogP contribution >= 0.6 is 0 Å². The molecule has 7 heteroatoms. The van der Waals surface area contributed by atoms with Crippen LogP contribution in [0.15, 0.2) is 322 Å². The van der Waals surface area contributed by atoms with E-state index in [4.69, 9.17) is 28.4 Å². The van der Waals surface area contributed by atoms with E-state index < -0.39 is 0 Å². The summed E-state index contributed by atoms with van der Waals surface area (Å²) in [5.41, 5.74) is 13.8. The van der Waals surface area contributed by atoms with Crippen LogP contribution in [0, 0.1) is 0 Å². The molecule has 0 aliphatic heterocycles. The third-order valence-electron chi connectivity index (χ3n) is 25.1. The minimum absolute atomic E-state index is 0.229. The average molecular weight is 1690 g/mol. The van der Waals surface area contributed by atoms with Gasteiger partial charge in [0.15, 0.2) is 6.79 Å². The maximum Gasteiger partial charge on any atom is 0.308 e. The molecule has 0 amide bonds. The van der Waals surface area contributed by atoms with Crippen molar-refractivity contribution in [3.05, 3.63) is 366 Å². The fraction of sp³-hybridized carbons (Fsp3) is 0.353. The number of rotatable bonds is 27. The topological polar surface area (TPSA) is 72.5 Å². The van der Waals surface area contributed by atoms with Gasteiger partial charge >= 0.3 is 5.97 Å². The van der Waals surface area contributed by atoms with Gasteiger partial charge in [0.2, 0.25) is 6.79 Å². The van der Waals surface area contributed by atoms with Crippen molar-refractivity contribution in [3.8, 4) is 39.9 Å². The summed E-state index contributed by atoms with van der Waals surface area (Å²) < 4.78 is 32.5. The number of ether oxygens (including phenoxy) is 6. The van der Waals surface area contributed by atoms with Crippen LogP contribution in [0.5, 0.6) is 28.7 Å². The molecule has 126 heavy (non-hydrogen) atoms. The van der Waals surface area contributed by atoms with E-state index in [2.05, 4.69) is 341 Å². The van der Waals surface area contributed by atoms with E-state index in [0.717, 1.165) is 35.8 Å². The lowest BCUT2D eigenvalue weighted by Gasteiger charge is -2.22. The minimum Gasteiger partial charge on any atom is -0.497 e. The molecule has 1 aliphatic rings. The first-order valence-corrected chi connectivity index (χ1v) is 46.9. The highest BCUT2D eigenvalue weighted by atomic mass is 16.7. The number of fused-ring (bicyclic) bond motifs is 4. The van der Waals surface area contributed by atoms with Gasteiger partial charge in [0.05, 0.1) is 13.2 Å². The zero-order valence-electron chi connectivity index (χ0n) is 79.3. The Labute approximate surface area is 758 Å². The Balaban J connectivity index is 0.000000179. The SMILES string of the molecule is CCC(C)c1ccc(-c2ccccc2)cc1.CCC(C)c1ccc(OC(C)=O)cc1.CCC(C)c1ccc(OC)cc1.CCC(C)c1ccc(OCOC2CCCCC2)cc1.CCC(C)c1ccc(OCOc2ccccc2)cc1.CCC(C)c1ccc2cc3ccccc3cc2c1.CCC(C)c1ccc2ccccc2c1.CCC(C)c1cccc2ccccc12. The Morgan fingerprint density at radius 2 is 0.595 bits per heavy atom. The van der Waals surface area contributed by atoms with Crippen LogP contribution in [0.2, 0.25) is 0 Å². The van der Waals surface area contributed by atoms with Crippen LogP contribution in [0.3, 0.4) is 0 Å². The maximum atomic E-state index is 10.7. The van der Waals surface area contributed by atoms with Crippen LogP contribution in [0.1, 0.15) is 293 Å². The summed E-state index contributed by atoms with van der Waals surface area (Å²) in [5, 5.41) is 10.8. The largest absolute Gasteiger partial charge is 0.497 e. The van der Waals surface area contributed by atoms with Gasteiger partial charge in [-0.2, -0.15) is 0 Å². The van der Waals surface area contributed by atoms with Gasteiger partial charge in [-0.15, -0.1) is 0 Å². The molecule has 7 nitrogen and oxygen atoms in total. The highest BCUT2D eigenvalue weighted by Gasteiger charge is 2.16. The Bertz CT molecular complexity index is 5320. The van der Waals surface area contributed by atoms with Crippen molar-refractivity contribution in [3.63, 3.8) is 0 Å². The van der Waals surface area contributed by atoms with E-state index in [-0.39, 0.29) is 12.8 Å². The summed E-state index contributed by atoms with van der Waals surface area (Å²) in [4.78, 5) is 10.7. The Morgan fingerprint density at radius 3 is 1.04 bits per heavy atom. The van der Waals surface area contributed by atoms with Gasteiger partial charge in [0, 0.05) is 6.92 Å². The molecule has 0 saturated heterocycles. The lowest BCUT2D eigenvalue weighted by molar-refractivity contribution is -0.131. The number of para-hydroxylation sites is 1. The number of carbonyl (C=O) groups is 1. The molecule has 0 bridgehead atoms. The molecule has 0 N–H and O–H groups in total. The first kappa shape index (κ1) is 100. The van der Waals surface area contributed by atoms with Gasteiger partial charge in [-0.1, -0.05) is 379 Å². The van der Waals surface area contributed by atoms with E-state index >= 15 is 0 Å². The number of methoxy groups -OCH3 is 1. The highest BCUT2D eigenvalue weighted by molar-refractivity contribution is 5.98. The lowest BCUT2D eigenvalue weighted by atomic mass is 9.93. The molecule has 14 aromatic carbocycles. The zero-order valence-corrected chi connectivity index (χ0v) is 79.3. The predicted molar refractivity (Wildman–Crippen MR) is 541 cm³/mol. The zero-order chi connectivity index (χ0) is 90.4. The van der Waals surface area contributed by atoms with E-state index in [1.807, 2.05) is 91.0 Å². The summed E-state index contributed by atoms with van der Waals surface area (Å²) in [7, 11) is 1.69. The first-order chi connectivity index (χ1) is 61.2. The van der Waals surface area contributed by atoms with Crippen LogP contribution in [-0.4, -0.2) is 32.8 Å². The first-order valence-electron chi connectivity index (χ1n) is 46.9. The third-order valence-corrected chi connectivity index (χ3v) is 25.1. The average Bonchev–Trinajstić information content (AvgIpc) is 0.795. The van der Waals surface area contributed by atoms with Crippen molar-refractivity contribution in [1.29, 1.82) is 0 Å². The van der Waals surface area contributed by atoms with Crippen LogP contribution in [0.4, 0.5) is 0 Å². The number of esters is 1. The summed E-state index contributed by atoms with van der Waals surface area (Å²) in [6.45, 7) is 37.8. The molecule has 664 valence electrons. The van der Waals surface area contributed by atoms with Gasteiger partial charge in [-0.05, 0) is 283 Å². The van der Waals surface area contributed by atoms with E-state index in [1.54, 1.807) is 7.11 Å². The number of hydrogen-bond acceptors (Lipinski definition) is 7. The van der Waals surface area contributed by atoms with Gasteiger partial charge in [-0.25, -0.2) is 0 Å². The smallest absolute Gasteiger partial charge is 0.308 e. The maximum absolute atomic E-state index is 10.7. The van der Waals surface area contributed by atoms with Gasteiger partial charge in [0.1, 0.15) is 28.7 Å². The highest BCUT2D eigenvalue weighted by Crippen LogP contribution is 2.33. The van der Waals surface area contributed by atoms with Crippen molar-refractivity contribution >= 4 is 49.1 Å². The molecule has 0 spiro atoms. The summed E-state index contributed by atoms with van der Waals surface area (Å²) in [6, 6.07) is 112. The second-order valence-electron chi connectivity index (χ2n) is 33.9. The molecule has 15 rings (SSSR count). The Morgan fingerprint density at radius 1 is 0.278 bits per heavy atom. The molecule has 1 fully saturated rings. The Kier molecular flexibility index (Phi) is 43.9. The van der Waals surface area contributed by atoms with Crippen LogP contribution in [0.25, 0.3) is 54.2 Å². The van der Waals surface area contributed by atoms with Crippen LogP contribution < -0.4 is 23.7 Å². The normalized spacial score (nSPS) is 13.4. The summed E-state index contributed by atoms with van der Waals surface area (Å²) in [5.74, 6) is 8.86. The number of benzene rings is 14. The fourth-order valence-corrected chi connectivity index (χ4v) is 14.8. The van der Waals surface area contributed by atoms with Crippen molar-refractivity contribution in [2.75, 3.05) is 20.7 Å². The monoisotopic (exact) mass is 1690 g/mol. The second kappa shape index (κ2) is 55.3. The molecule has 8 atom stereocenters. The van der Waals surface area contributed by atoms with Gasteiger partial charge < -0.3 is 28.4 Å². The van der Waals surface area contributed by atoms with E-state index in [0.29, 0.717) is 66.0 Å². The molecule has 0 heterocycles. The molecule has 0 aromatic heterocycles. The lowest BCUT2D eigenvalue weighted by Crippen LogP contribution is -2.19. The van der Waals surface area contributed by atoms with Gasteiger partial charge in [-0.3, -0.25) is 4.79 Å². The minimum atomic E-state index is -0.277. The Hall–Kier alpha value is -11.3. The second-order valence-corrected chi connectivity index (χ2v) is 33.9. The van der Waals surface area contributed by atoms with Crippen molar-refractivity contribution in [2.24, 2.45) is 0 Å². The standard InChI is InChI=1S/C18H18.C17H26O2.C17H20O2.C16H18.2C14H16.C12H16O2.C11H16O/c1-3-13(2)14-8-9-17-11-15-6-4-5-7-16(15)12-18(17)10-14;2*1-3-14(2)15-9-11-17(12-10-15)19-13-18-16-7-5-4-6-8-16;1-3-13(2)14-9-11-16(12-10-14)15-7-5-4-6-8-15;1-3-11(2)13-10-6-8-12-7-4-5-9-14(12)13;1-3-11(2)13-9-8-12-6-4-5-7-14(12)10-13;1-4-9(2)11-5-7-12(8-6-11)14-10(3)13;1-4-9(2)10-5-7-11(12-3)8-6-10/h4-13H,3H2,1-2H3;9-12,14,16H,3-8,13H2,1-2H3;4-12,14H,3,13H2,1-2H3;4-13H,3H2,1-2H3;2*4-11H,3H2,1-2H3;5-9H,4H2,1-3H3;5-9H,4H2,1-3H3. The quantitative estimate of drug-likeness (QED) is 0.0220. The molecule has 1 aliphatic carbocycles. The van der Waals surface area contributed by atoms with Crippen molar-refractivity contribution in [1.82, 2.24) is 0 Å².